The van der Waals surface area contributed by atoms with Gasteiger partial charge in [0.2, 0.25) is 0 Å². The SMILES string of the molecule is COc1cc(CNCCc2c(C)nn(C)c2C)cc(Cl)c1OC. The fourth-order valence-corrected chi connectivity index (χ4v) is 3.01. The summed E-state index contributed by atoms with van der Waals surface area (Å²) < 4.78 is 12.5. The van der Waals surface area contributed by atoms with Crippen LogP contribution in [0.15, 0.2) is 12.1 Å². The topological polar surface area (TPSA) is 48.3 Å². The summed E-state index contributed by atoms with van der Waals surface area (Å²) >= 11 is 6.22. The lowest BCUT2D eigenvalue weighted by atomic mass is 10.1. The minimum Gasteiger partial charge on any atom is -0.493 e. The molecular formula is C17H24ClN3O2. The van der Waals surface area contributed by atoms with E-state index in [1.165, 1.54) is 11.3 Å². The van der Waals surface area contributed by atoms with Gasteiger partial charge in [0.15, 0.2) is 11.5 Å². The van der Waals surface area contributed by atoms with Gasteiger partial charge in [-0.15, -0.1) is 0 Å². The van der Waals surface area contributed by atoms with E-state index in [1.54, 1.807) is 14.2 Å². The summed E-state index contributed by atoms with van der Waals surface area (Å²) in [5, 5.41) is 8.44. The molecule has 0 aliphatic carbocycles. The summed E-state index contributed by atoms with van der Waals surface area (Å²) in [4.78, 5) is 0. The number of nitrogens with zero attached hydrogens (tertiary/aromatic N) is 2. The lowest BCUT2D eigenvalue weighted by Gasteiger charge is -2.12. The first kappa shape index (κ1) is 17.6. The van der Waals surface area contributed by atoms with E-state index in [0.29, 0.717) is 16.5 Å². The van der Waals surface area contributed by atoms with Crippen LogP contribution in [0.4, 0.5) is 0 Å². The molecule has 0 amide bonds. The minimum atomic E-state index is 0.558. The van der Waals surface area contributed by atoms with Gasteiger partial charge in [-0.2, -0.15) is 5.10 Å². The average molecular weight is 338 g/mol. The van der Waals surface area contributed by atoms with Crippen LogP contribution in [0.25, 0.3) is 0 Å². The number of benzene rings is 1. The van der Waals surface area contributed by atoms with E-state index in [2.05, 4.69) is 24.3 Å². The maximum Gasteiger partial charge on any atom is 0.179 e. The van der Waals surface area contributed by atoms with Gasteiger partial charge in [-0.3, -0.25) is 4.68 Å². The van der Waals surface area contributed by atoms with Crippen LogP contribution in [0.5, 0.6) is 11.5 Å². The summed E-state index contributed by atoms with van der Waals surface area (Å²) in [6.07, 6.45) is 0.951. The molecule has 126 valence electrons. The predicted octanol–water partition coefficient (Wildman–Crippen LogP) is 3.04. The van der Waals surface area contributed by atoms with E-state index >= 15 is 0 Å². The summed E-state index contributed by atoms with van der Waals surface area (Å²) in [5.74, 6) is 1.22. The van der Waals surface area contributed by atoms with Crippen LogP contribution in [0.3, 0.4) is 0 Å². The number of hydrogen-bond donors (Lipinski definition) is 1. The van der Waals surface area contributed by atoms with E-state index in [1.807, 2.05) is 23.9 Å². The Morgan fingerprint density at radius 2 is 1.96 bits per heavy atom. The van der Waals surface area contributed by atoms with Crippen molar-refractivity contribution >= 4 is 11.6 Å². The zero-order valence-corrected chi connectivity index (χ0v) is 15.1. The number of aryl methyl sites for hydroxylation is 2. The lowest BCUT2D eigenvalue weighted by molar-refractivity contribution is 0.354. The normalized spacial score (nSPS) is 10.9. The fraction of sp³-hybridized carbons (Fsp3) is 0.471. The standard InChI is InChI=1S/C17H24ClN3O2/c1-11-14(12(2)21(3)20-11)6-7-19-10-13-8-15(18)17(23-5)16(9-13)22-4/h8-9,19H,6-7,10H2,1-5H3. The molecule has 0 aliphatic rings. The summed E-state index contributed by atoms with van der Waals surface area (Å²) in [7, 11) is 5.17. The molecule has 2 rings (SSSR count). The summed E-state index contributed by atoms with van der Waals surface area (Å²) in [6.45, 7) is 5.75. The van der Waals surface area contributed by atoms with Crippen molar-refractivity contribution in [3.8, 4) is 11.5 Å². The Hall–Kier alpha value is -1.72. The zero-order chi connectivity index (χ0) is 17.0. The van der Waals surface area contributed by atoms with Crippen molar-refractivity contribution in [2.75, 3.05) is 20.8 Å². The second-order valence-corrected chi connectivity index (χ2v) is 5.92. The third-order valence-corrected chi connectivity index (χ3v) is 4.31. The second kappa shape index (κ2) is 7.70. The highest BCUT2D eigenvalue weighted by molar-refractivity contribution is 6.32. The molecule has 0 fully saturated rings. The number of methoxy groups -OCH3 is 2. The molecular weight excluding hydrogens is 314 g/mol. The van der Waals surface area contributed by atoms with Gasteiger partial charge in [-0.25, -0.2) is 0 Å². The Kier molecular flexibility index (Phi) is 5.91. The average Bonchev–Trinajstić information content (AvgIpc) is 2.76. The lowest BCUT2D eigenvalue weighted by Crippen LogP contribution is -2.17. The van der Waals surface area contributed by atoms with Crippen molar-refractivity contribution in [2.24, 2.45) is 7.05 Å². The first-order valence-corrected chi connectivity index (χ1v) is 7.96. The number of nitrogens with one attached hydrogen (secondary N) is 1. The maximum absolute atomic E-state index is 6.22. The largest absolute Gasteiger partial charge is 0.493 e. The van der Waals surface area contributed by atoms with Gasteiger partial charge in [0, 0.05) is 19.3 Å². The van der Waals surface area contributed by atoms with E-state index in [9.17, 15) is 0 Å². The van der Waals surface area contributed by atoms with Gasteiger partial charge in [-0.05, 0) is 50.1 Å². The molecule has 23 heavy (non-hydrogen) atoms. The smallest absolute Gasteiger partial charge is 0.179 e. The Labute approximate surface area is 142 Å². The summed E-state index contributed by atoms with van der Waals surface area (Å²) in [5.41, 5.74) is 4.69. The molecule has 6 heteroatoms. The van der Waals surface area contributed by atoms with Crippen molar-refractivity contribution in [1.82, 2.24) is 15.1 Å². The molecule has 0 saturated heterocycles. The Morgan fingerprint density at radius 3 is 2.52 bits per heavy atom. The molecule has 0 radical (unpaired) electrons. The van der Waals surface area contributed by atoms with Crippen LogP contribution in [0.2, 0.25) is 5.02 Å². The molecule has 0 saturated carbocycles. The molecule has 1 N–H and O–H groups in total. The Morgan fingerprint density at radius 1 is 1.22 bits per heavy atom. The molecule has 1 aromatic carbocycles. The highest BCUT2D eigenvalue weighted by atomic mass is 35.5. The van der Waals surface area contributed by atoms with Crippen molar-refractivity contribution in [1.29, 1.82) is 0 Å². The Balaban J connectivity index is 1.95. The third kappa shape index (κ3) is 3.98. The minimum absolute atomic E-state index is 0.558. The van der Waals surface area contributed by atoms with E-state index in [0.717, 1.165) is 30.8 Å². The first-order chi connectivity index (χ1) is 11.0. The molecule has 0 atom stereocenters. The summed E-state index contributed by atoms with van der Waals surface area (Å²) in [6, 6.07) is 3.84. The highest BCUT2D eigenvalue weighted by Gasteiger charge is 2.11. The van der Waals surface area contributed by atoms with Crippen LogP contribution in [-0.2, 0) is 20.0 Å². The van der Waals surface area contributed by atoms with Gasteiger partial charge in [0.25, 0.3) is 0 Å². The molecule has 2 aromatic rings. The molecule has 0 bridgehead atoms. The van der Waals surface area contributed by atoms with Gasteiger partial charge < -0.3 is 14.8 Å². The molecule has 0 aliphatic heterocycles. The van der Waals surface area contributed by atoms with E-state index in [4.69, 9.17) is 21.1 Å². The van der Waals surface area contributed by atoms with Crippen molar-refractivity contribution < 1.29 is 9.47 Å². The number of hydrogen-bond acceptors (Lipinski definition) is 4. The zero-order valence-electron chi connectivity index (χ0n) is 14.4. The number of rotatable bonds is 7. The molecule has 1 aromatic heterocycles. The number of halogens is 1. The quantitative estimate of drug-likeness (QED) is 0.789. The molecule has 0 unspecified atom stereocenters. The van der Waals surface area contributed by atoms with Crippen LogP contribution in [0.1, 0.15) is 22.5 Å². The molecule has 0 spiro atoms. The van der Waals surface area contributed by atoms with Crippen molar-refractivity contribution in [3.63, 3.8) is 0 Å². The third-order valence-electron chi connectivity index (χ3n) is 4.03. The number of aromatic nitrogens is 2. The van der Waals surface area contributed by atoms with Crippen LogP contribution < -0.4 is 14.8 Å². The van der Waals surface area contributed by atoms with Gasteiger partial charge in [0.1, 0.15) is 0 Å². The van der Waals surface area contributed by atoms with Gasteiger partial charge in [-0.1, -0.05) is 11.6 Å². The maximum atomic E-state index is 6.22. The Bertz CT molecular complexity index is 683. The van der Waals surface area contributed by atoms with Crippen LogP contribution in [0, 0.1) is 13.8 Å². The van der Waals surface area contributed by atoms with Crippen molar-refractivity contribution in [2.45, 2.75) is 26.8 Å². The first-order valence-electron chi connectivity index (χ1n) is 7.58. The van der Waals surface area contributed by atoms with Crippen LogP contribution in [-0.4, -0.2) is 30.5 Å². The van der Waals surface area contributed by atoms with Gasteiger partial charge >= 0.3 is 0 Å². The van der Waals surface area contributed by atoms with E-state index < -0.39 is 0 Å². The highest BCUT2D eigenvalue weighted by Crippen LogP contribution is 2.35. The van der Waals surface area contributed by atoms with E-state index in [-0.39, 0.29) is 0 Å². The van der Waals surface area contributed by atoms with Crippen molar-refractivity contribution in [3.05, 3.63) is 39.7 Å². The second-order valence-electron chi connectivity index (χ2n) is 5.51. The fourth-order valence-electron chi connectivity index (χ4n) is 2.70. The van der Waals surface area contributed by atoms with Gasteiger partial charge in [0.05, 0.1) is 24.9 Å². The monoisotopic (exact) mass is 337 g/mol. The molecule has 1 heterocycles. The number of ether oxygens (including phenoxy) is 2. The van der Waals surface area contributed by atoms with Crippen LogP contribution >= 0.6 is 11.6 Å². The predicted molar refractivity (Wildman–Crippen MR) is 92.6 cm³/mol. The molecule has 5 nitrogen and oxygen atoms in total.